The van der Waals surface area contributed by atoms with E-state index in [0.29, 0.717) is 29.1 Å². The molecule has 1 N–H and O–H groups in total. The molecule has 9 nitrogen and oxygen atoms in total. The Hall–Kier alpha value is -1.98. The Morgan fingerprint density at radius 2 is 1.89 bits per heavy atom. The van der Waals surface area contributed by atoms with Crippen LogP contribution >= 0.6 is 11.8 Å². The van der Waals surface area contributed by atoms with Gasteiger partial charge in [0.05, 0.1) is 14.7 Å². The quantitative estimate of drug-likeness (QED) is 0.558. The Kier molecular flexibility index (Phi) is 5.39. The van der Waals surface area contributed by atoms with Gasteiger partial charge in [-0.3, -0.25) is 15.2 Å². The first-order valence-corrected chi connectivity index (χ1v) is 11.6. The lowest BCUT2D eigenvalue weighted by molar-refractivity contribution is -0.388. The first-order chi connectivity index (χ1) is 13.4. The van der Waals surface area contributed by atoms with E-state index in [2.05, 4.69) is 15.2 Å². The van der Waals surface area contributed by atoms with Crippen molar-refractivity contribution in [2.45, 2.75) is 59.4 Å². The number of sulfonamides is 1. The number of nitro groups is 1. The van der Waals surface area contributed by atoms with Gasteiger partial charge >= 0.3 is 0 Å². The zero-order valence-electron chi connectivity index (χ0n) is 15.2. The molecule has 4 rings (SSSR count). The third-order valence-electron chi connectivity index (χ3n) is 4.98. The predicted octanol–water partition coefficient (Wildman–Crippen LogP) is 3.31. The van der Waals surface area contributed by atoms with Crippen LogP contribution in [0.2, 0.25) is 0 Å². The monoisotopic (exact) mass is 423 g/mol. The molecule has 0 atom stereocenters. The second kappa shape index (κ2) is 7.80. The number of nitrogens with one attached hydrogen (secondary N) is 1. The average Bonchev–Trinajstić information content (AvgIpc) is 3.46. The van der Waals surface area contributed by atoms with Gasteiger partial charge in [-0.15, -0.1) is 5.10 Å². The van der Waals surface area contributed by atoms with Crippen LogP contribution in [0.25, 0.3) is 0 Å². The molecule has 2 fully saturated rings. The molecule has 1 aliphatic carbocycles. The van der Waals surface area contributed by atoms with Crippen molar-refractivity contribution in [2.24, 2.45) is 0 Å². The molecule has 2 aliphatic rings. The van der Waals surface area contributed by atoms with Crippen molar-refractivity contribution in [1.82, 2.24) is 19.5 Å². The van der Waals surface area contributed by atoms with E-state index in [1.807, 2.05) is 0 Å². The lowest BCUT2D eigenvalue weighted by Crippen LogP contribution is -2.31. The van der Waals surface area contributed by atoms with E-state index in [4.69, 9.17) is 0 Å². The first kappa shape index (κ1) is 19.3. The number of rotatable bonds is 6. The summed E-state index contributed by atoms with van der Waals surface area (Å²) in [5, 5.41) is 19.0. The Labute approximate surface area is 167 Å². The van der Waals surface area contributed by atoms with Gasteiger partial charge in [0, 0.05) is 25.1 Å². The second-order valence-corrected chi connectivity index (χ2v) is 10.0. The van der Waals surface area contributed by atoms with Gasteiger partial charge in [-0.1, -0.05) is 12.8 Å². The number of nitrogens with zero attached hydrogens (tertiary/aromatic N) is 4. The molecular formula is C17H21N5O4S2. The minimum Gasteiger partial charge on any atom is -0.262 e. The lowest BCUT2D eigenvalue weighted by Gasteiger charge is -2.20. The summed E-state index contributed by atoms with van der Waals surface area (Å²) in [6, 6.07) is 4.06. The van der Waals surface area contributed by atoms with Gasteiger partial charge in [0.2, 0.25) is 15.2 Å². The maximum Gasteiger partial charge on any atom is 0.284 e. The zero-order valence-corrected chi connectivity index (χ0v) is 16.8. The molecule has 28 heavy (non-hydrogen) atoms. The summed E-state index contributed by atoms with van der Waals surface area (Å²) in [5.41, 5.74) is -0.251. The summed E-state index contributed by atoms with van der Waals surface area (Å²) in [7, 11) is -3.75. The van der Waals surface area contributed by atoms with Gasteiger partial charge < -0.3 is 0 Å². The summed E-state index contributed by atoms with van der Waals surface area (Å²) >= 11 is 1.06. The molecule has 0 bridgehead atoms. The van der Waals surface area contributed by atoms with Crippen LogP contribution in [-0.4, -0.2) is 45.9 Å². The summed E-state index contributed by atoms with van der Waals surface area (Å²) in [6.45, 7) is 0.904. The number of hydrogen-bond donors (Lipinski definition) is 1. The van der Waals surface area contributed by atoms with Crippen LogP contribution < -0.4 is 0 Å². The van der Waals surface area contributed by atoms with Gasteiger partial charge in [-0.05, 0) is 49.6 Å². The van der Waals surface area contributed by atoms with Crippen LogP contribution in [0.15, 0.2) is 33.1 Å². The molecule has 150 valence electrons. The maximum absolute atomic E-state index is 12.9. The topological polar surface area (TPSA) is 122 Å². The van der Waals surface area contributed by atoms with Crippen molar-refractivity contribution in [1.29, 1.82) is 0 Å². The molecule has 0 spiro atoms. The number of aromatic amines is 1. The largest absolute Gasteiger partial charge is 0.284 e. The first-order valence-electron chi connectivity index (χ1n) is 9.34. The van der Waals surface area contributed by atoms with Gasteiger partial charge in [0.15, 0.2) is 0 Å². The minimum absolute atomic E-state index is 0.0425. The van der Waals surface area contributed by atoms with Gasteiger partial charge in [0.25, 0.3) is 5.69 Å². The van der Waals surface area contributed by atoms with E-state index in [1.165, 1.54) is 16.4 Å². The van der Waals surface area contributed by atoms with Crippen LogP contribution in [0.1, 0.15) is 50.3 Å². The summed E-state index contributed by atoms with van der Waals surface area (Å²) in [6.07, 6.45) is 5.76. The van der Waals surface area contributed by atoms with Crippen molar-refractivity contribution >= 4 is 27.5 Å². The highest BCUT2D eigenvalue weighted by Crippen LogP contribution is 2.40. The van der Waals surface area contributed by atoms with E-state index < -0.39 is 14.9 Å². The molecule has 0 amide bonds. The van der Waals surface area contributed by atoms with E-state index in [9.17, 15) is 18.5 Å². The molecule has 2 heterocycles. The lowest BCUT2D eigenvalue weighted by atomic mass is 10.2. The molecule has 11 heteroatoms. The van der Waals surface area contributed by atoms with Crippen LogP contribution in [0.4, 0.5) is 5.69 Å². The molecule has 1 aliphatic heterocycles. The fourth-order valence-electron chi connectivity index (χ4n) is 3.26. The molecule has 1 aromatic heterocycles. The second-order valence-electron chi connectivity index (χ2n) is 7.08. The SMILES string of the molecule is O=[N+]([O-])c1cc(S(=O)(=O)N2CCCCCC2)ccc1Sc1n[nH]c(C2CC2)n1. The molecule has 1 aromatic carbocycles. The van der Waals surface area contributed by atoms with Gasteiger partial charge in [0.1, 0.15) is 5.82 Å². The maximum atomic E-state index is 12.9. The van der Waals surface area contributed by atoms with Crippen molar-refractivity contribution < 1.29 is 13.3 Å². The van der Waals surface area contributed by atoms with E-state index in [1.54, 1.807) is 0 Å². The Morgan fingerprint density at radius 3 is 2.54 bits per heavy atom. The molecule has 1 saturated heterocycles. The highest BCUT2D eigenvalue weighted by atomic mass is 32.2. The van der Waals surface area contributed by atoms with Crippen molar-refractivity contribution in [3.05, 3.63) is 34.1 Å². The number of aromatic nitrogens is 3. The highest BCUT2D eigenvalue weighted by molar-refractivity contribution is 7.99. The number of benzene rings is 1. The number of nitro benzene ring substituents is 1. The fourth-order valence-corrected chi connectivity index (χ4v) is 5.60. The van der Waals surface area contributed by atoms with E-state index >= 15 is 0 Å². The highest BCUT2D eigenvalue weighted by Gasteiger charge is 2.30. The standard InChI is InChI=1S/C17H21N5O4S2/c23-22(24)14-11-13(28(25,26)21-9-3-1-2-4-10-21)7-8-15(14)27-17-18-16(19-20-17)12-5-6-12/h7-8,11-12H,1-6,9-10H2,(H,18,19,20). The number of hydrogen-bond acceptors (Lipinski definition) is 7. The zero-order chi connectivity index (χ0) is 19.7. The Balaban J connectivity index is 1.61. The molecule has 1 saturated carbocycles. The summed E-state index contributed by atoms with van der Waals surface area (Å²) < 4.78 is 27.3. The van der Waals surface area contributed by atoms with Crippen LogP contribution in [-0.2, 0) is 10.0 Å². The Morgan fingerprint density at radius 1 is 1.18 bits per heavy atom. The number of H-pyrrole nitrogens is 1. The smallest absolute Gasteiger partial charge is 0.262 e. The predicted molar refractivity (Wildman–Crippen MR) is 103 cm³/mol. The Bertz CT molecular complexity index is 979. The van der Waals surface area contributed by atoms with Gasteiger partial charge in [-0.25, -0.2) is 13.4 Å². The van der Waals surface area contributed by atoms with Crippen LogP contribution in [0.5, 0.6) is 0 Å². The third kappa shape index (κ3) is 4.06. The molecule has 0 radical (unpaired) electrons. The molecule has 0 unspecified atom stereocenters. The normalized spacial score (nSPS) is 18.7. The van der Waals surface area contributed by atoms with Gasteiger partial charge in [-0.2, -0.15) is 4.31 Å². The minimum atomic E-state index is -3.75. The molecular weight excluding hydrogens is 402 g/mol. The van der Waals surface area contributed by atoms with Crippen molar-refractivity contribution in [2.75, 3.05) is 13.1 Å². The van der Waals surface area contributed by atoms with Crippen molar-refractivity contribution in [3.8, 4) is 0 Å². The summed E-state index contributed by atoms with van der Waals surface area (Å²) in [5.74, 6) is 1.20. The van der Waals surface area contributed by atoms with E-state index in [-0.39, 0.29) is 10.6 Å². The van der Waals surface area contributed by atoms with Crippen molar-refractivity contribution in [3.63, 3.8) is 0 Å². The fraction of sp³-hybridized carbons (Fsp3) is 0.529. The third-order valence-corrected chi connectivity index (χ3v) is 7.80. The van der Waals surface area contributed by atoms with Crippen LogP contribution in [0, 0.1) is 10.1 Å². The van der Waals surface area contributed by atoms with Crippen LogP contribution in [0.3, 0.4) is 0 Å². The van der Waals surface area contributed by atoms with E-state index in [0.717, 1.165) is 62.2 Å². The summed E-state index contributed by atoms with van der Waals surface area (Å²) in [4.78, 5) is 15.7. The average molecular weight is 424 g/mol. The molecule has 2 aromatic rings.